The van der Waals surface area contributed by atoms with E-state index in [4.69, 9.17) is 32.9 Å². The lowest BCUT2D eigenvalue weighted by atomic mass is 10.3. The van der Waals surface area contributed by atoms with E-state index in [9.17, 15) is 13.2 Å². The summed E-state index contributed by atoms with van der Waals surface area (Å²) in [6.45, 7) is 3.29. The van der Waals surface area contributed by atoms with Crippen molar-refractivity contribution in [1.82, 2.24) is 19.5 Å². The number of rotatable bonds is 10. The number of sulfone groups is 1. The molecule has 228 valence electrons. The minimum absolute atomic E-state index is 0.0351. The van der Waals surface area contributed by atoms with Crippen LogP contribution in [-0.4, -0.2) is 53.8 Å². The van der Waals surface area contributed by atoms with E-state index in [-0.39, 0.29) is 29.2 Å². The van der Waals surface area contributed by atoms with Crippen molar-refractivity contribution in [3.05, 3.63) is 83.0 Å². The van der Waals surface area contributed by atoms with E-state index in [1.807, 2.05) is 40.8 Å². The Kier molecular flexibility index (Phi) is 8.95. The van der Waals surface area contributed by atoms with Crippen molar-refractivity contribution in [2.24, 2.45) is 0 Å². The molecular weight excluding hydrogens is 625 g/mol. The van der Waals surface area contributed by atoms with Crippen molar-refractivity contribution < 1.29 is 17.9 Å². The first kappa shape index (κ1) is 31.0. The van der Waals surface area contributed by atoms with Gasteiger partial charge in [0.1, 0.15) is 11.6 Å². The smallest absolute Gasteiger partial charge is 0.230 e. The molecule has 0 spiro atoms. The van der Waals surface area contributed by atoms with Crippen molar-refractivity contribution in [2.75, 3.05) is 35.0 Å². The number of methoxy groups -OCH3 is 1. The minimum Gasteiger partial charge on any atom is -0.495 e. The van der Waals surface area contributed by atoms with E-state index in [1.165, 1.54) is 31.1 Å². The van der Waals surface area contributed by atoms with Gasteiger partial charge >= 0.3 is 0 Å². The molecule has 14 heteroatoms. The Morgan fingerprint density at radius 3 is 2.50 bits per heavy atom. The van der Waals surface area contributed by atoms with Crippen LogP contribution in [0.4, 0.5) is 29.1 Å². The number of ether oxygens (including phenoxy) is 1. The van der Waals surface area contributed by atoms with Crippen molar-refractivity contribution in [3.63, 3.8) is 0 Å². The summed E-state index contributed by atoms with van der Waals surface area (Å²) in [4.78, 5) is 30.3. The number of amides is 1. The number of carbonyl (C=O) groups excluding carboxylic acids is 1. The third kappa shape index (κ3) is 6.28. The monoisotopic (exact) mass is 653 g/mol. The van der Waals surface area contributed by atoms with Crippen LogP contribution in [0.5, 0.6) is 5.75 Å². The highest BCUT2D eigenvalue weighted by Crippen LogP contribution is 2.34. The molecule has 0 radical (unpaired) electrons. The first-order valence-electron chi connectivity index (χ1n) is 13.5. The minimum atomic E-state index is -3.44. The van der Waals surface area contributed by atoms with Gasteiger partial charge in [-0.05, 0) is 54.6 Å². The van der Waals surface area contributed by atoms with Crippen molar-refractivity contribution in [1.29, 1.82) is 0 Å². The number of benzene rings is 3. The maximum absolute atomic E-state index is 13.0. The van der Waals surface area contributed by atoms with Gasteiger partial charge in [-0.2, -0.15) is 4.98 Å². The van der Waals surface area contributed by atoms with Gasteiger partial charge in [0.2, 0.25) is 17.8 Å². The summed E-state index contributed by atoms with van der Waals surface area (Å²) in [7, 11) is -0.105. The number of imidazole rings is 1. The van der Waals surface area contributed by atoms with Crippen LogP contribution in [0.3, 0.4) is 0 Å². The third-order valence-electron chi connectivity index (χ3n) is 6.85. The second-order valence-electron chi connectivity index (χ2n) is 9.75. The SMILES string of the molecule is CCS(=O)(=O)c1ccc(OC)c(Nc2nccc(N(C)Cn3c(N(C(C)=O)c4ccc(Cl)c(Cl)c4)nc4ccccc43)n2)c1. The number of hydrogen-bond donors (Lipinski definition) is 1. The lowest BCUT2D eigenvalue weighted by Crippen LogP contribution is -2.29. The highest BCUT2D eigenvalue weighted by atomic mass is 35.5. The molecule has 11 nitrogen and oxygen atoms in total. The van der Waals surface area contributed by atoms with Crippen LogP contribution in [0, 0.1) is 0 Å². The molecule has 0 atom stereocenters. The number of nitrogens with one attached hydrogen (secondary N) is 1. The molecular formula is C30H29Cl2N7O4S. The lowest BCUT2D eigenvalue weighted by Gasteiger charge is -2.25. The maximum Gasteiger partial charge on any atom is 0.230 e. The van der Waals surface area contributed by atoms with Crippen LogP contribution in [0.25, 0.3) is 11.0 Å². The van der Waals surface area contributed by atoms with Gasteiger partial charge < -0.3 is 15.0 Å². The van der Waals surface area contributed by atoms with E-state index in [0.717, 1.165) is 5.52 Å². The zero-order valence-corrected chi connectivity index (χ0v) is 26.7. The average molecular weight is 655 g/mol. The first-order valence-corrected chi connectivity index (χ1v) is 15.9. The molecule has 0 aliphatic rings. The Labute approximate surface area is 264 Å². The highest BCUT2D eigenvalue weighted by Gasteiger charge is 2.24. The van der Waals surface area contributed by atoms with E-state index < -0.39 is 9.84 Å². The maximum atomic E-state index is 13.0. The molecule has 2 heterocycles. The predicted molar refractivity (Wildman–Crippen MR) is 173 cm³/mol. The summed E-state index contributed by atoms with van der Waals surface area (Å²) in [6, 6.07) is 18.9. The standard InChI is InChI=1S/C30H29Cl2N7O4S/c1-5-44(41,42)21-11-13-27(43-4)25(17-21)34-29-33-15-14-28(36-29)37(3)18-38-26-9-7-6-8-24(26)35-30(38)39(19(2)40)20-10-12-22(31)23(32)16-20/h6-17H,5,18H2,1-4H3,(H,33,34,36). The quantitative estimate of drug-likeness (QED) is 0.181. The summed E-state index contributed by atoms with van der Waals surface area (Å²) in [5, 5.41) is 3.77. The van der Waals surface area contributed by atoms with Crippen LogP contribution in [0.2, 0.25) is 10.0 Å². The number of hydrogen-bond acceptors (Lipinski definition) is 9. The molecule has 2 aromatic heterocycles. The molecule has 44 heavy (non-hydrogen) atoms. The molecule has 0 fully saturated rings. The largest absolute Gasteiger partial charge is 0.495 e. The molecule has 5 rings (SSSR count). The molecule has 3 aromatic carbocycles. The van der Waals surface area contributed by atoms with Crippen LogP contribution in [0.15, 0.2) is 77.8 Å². The molecule has 0 aliphatic heterocycles. The summed E-state index contributed by atoms with van der Waals surface area (Å²) < 4.78 is 32.3. The highest BCUT2D eigenvalue weighted by molar-refractivity contribution is 7.91. The van der Waals surface area contributed by atoms with Gasteiger partial charge in [-0.25, -0.2) is 18.4 Å². The molecule has 5 aromatic rings. The predicted octanol–water partition coefficient (Wildman–Crippen LogP) is 6.46. The van der Waals surface area contributed by atoms with Gasteiger partial charge in [-0.15, -0.1) is 0 Å². The number of carbonyl (C=O) groups is 1. The molecule has 1 amide bonds. The van der Waals surface area contributed by atoms with Crippen molar-refractivity contribution in [2.45, 2.75) is 25.4 Å². The number of aromatic nitrogens is 4. The van der Waals surface area contributed by atoms with Gasteiger partial charge in [0.05, 0.1) is 56.9 Å². The average Bonchev–Trinajstić information content (AvgIpc) is 3.36. The number of para-hydroxylation sites is 2. The van der Waals surface area contributed by atoms with Gasteiger partial charge in [-0.1, -0.05) is 42.3 Å². The summed E-state index contributed by atoms with van der Waals surface area (Å²) in [5.41, 5.74) is 2.41. The van der Waals surface area contributed by atoms with Crippen LogP contribution < -0.4 is 19.9 Å². The number of anilines is 5. The summed E-state index contributed by atoms with van der Waals surface area (Å²) >= 11 is 12.4. The summed E-state index contributed by atoms with van der Waals surface area (Å²) in [5.74, 6) is 1.30. The Balaban J connectivity index is 1.50. The van der Waals surface area contributed by atoms with Crippen LogP contribution >= 0.6 is 23.2 Å². The Morgan fingerprint density at radius 2 is 1.80 bits per heavy atom. The van der Waals surface area contributed by atoms with Crippen molar-refractivity contribution >= 4 is 79.1 Å². The normalized spacial score (nSPS) is 11.4. The summed E-state index contributed by atoms with van der Waals surface area (Å²) in [6.07, 6.45) is 1.59. The second-order valence-corrected chi connectivity index (χ2v) is 12.8. The third-order valence-corrected chi connectivity index (χ3v) is 9.32. The van der Waals surface area contributed by atoms with E-state index in [2.05, 4.69) is 15.3 Å². The van der Waals surface area contributed by atoms with Crippen LogP contribution in [-0.2, 0) is 21.3 Å². The molecule has 0 saturated heterocycles. The topological polar surface area (TPSA) is 123 Å². The zero-order chi connectivity index (χ0) is 31.6. The number of halogens is 2. The molecule has 0 aliphatic carbocycles. The molecule has 0 saturated carbocycles. The van der Waals surface area contributed by atoms with Gasteiger partial charge in [0.15, 0.2) is 9.84 Å². The number of fused-ring (bicyclic) bond motifs is 1. The fourth-order valence-electron chi connectivity index (χ4n) is 4.61. The Bertz CT molecular complexity index is 1970. The van der Waals surface area contributed by atoms with Gasteiger partial charge in [0.25, 0.3) is 0 Å². The molecule has 0 unspecified atom stereocenters. The lowest BCUT2D eigenvalue weighted by molar-refractivity contribution is -0.115. The zero-order valence-electron chi connectivity index (χ0n) is 24.3. The Hall–Kier alpha value is -4.39. The first-order chi connectivity index (χ1) is 21.0. The van der Waals surface area contributed by atoms with E-state index in [0.29, 0.717) is 44.5 Å². The van der Waals surface area contributed by atoms with Gasteiger partial charge in [-0.3, -0.25) is 14.3 Å². The number of nitrogens with zero attached hydrogens (tertiary/aromatic N) is 6. The fraction of sp³-hybridized carbons (Fsp3) is 0.200. The van der Waals surface area contributed by atoms with Crippen molar-refractivity contribution in [3.8, 4) is 5.75 Å². The Morgan fingerprint density at radius 1 is 1.02 bits per heavy atom. The molecule has 1 N–H and O–H groups in total. The van der Waals surface area contributed by atoms with E-state index in [1.54, 1.807) is 43.5 Å². The fourth-order valence-corrected chi connectivity index (χ4v) is 5.81. The molecule has 0 bridgehead atoms. The van der Waals surface area contributed by atoms with Gasteiger partial charge in [0, 0.05) is 20.2 Å². The van der Waals surface area contributed by atoms with Crippen LogP contribution in [0.1, 0.15) is 13.8 Å². The van der Waals surface area contributed by atoms with E-state index >= 15 is 0 Å². The second kappa shape index (κ2) is 12.7.